The Kier molecular flexibility index (Phi) is 3.83. The Balaban J connectivity index is 1.65. The lowest BCUT2D eigenvalue weighted by Crippen LogP contribution is -2.39. The molecule has 2 aromatic carbocycles. The largest absolute Gasteiger partial charge is 0.478 e. The van der Waals surface area contributed by atoms with Crippen molar-refractivity contribution in [2.24, 2.45) is 0 Å². The van der Waals surface area contributed by atoms with E-state index >= 15 is 0 Å². The molecule has 1 atom stereocenters. The van der Waals surface area contributed by atoms with Crippen molar-refractivity contribution in [1.29, 1.82) is 0 Å². The van der Waals surface area contributed by atoms with Gasteiger partial charge in [-0.3, -0.25) is 14.4 Å². The minimum Gasteiger partial charge on any atom is -0.478 e. The normalized spacial score (nSPS) is 19.7. The quantitative estimate of drug-likeness (QED) is 0.712. The topological polar surface area (TPSA) is 75.4 Å². The van der Waals surface area contributed by atoms with Gasteiger partial charge in [0, 0.05) is 17.8 Å². The van der Waals surface area contributed by atoms with Crippen LogP contribution in [0.5, 0.6) is 0 Å². The zero-order valence-corrected chi connectivity index (χ0v) is 16.5. The summed E-state index contributed by atoms with van der Waals surface area (Å²) < 4.78 is 1.78. The summed E-state index contributed by atoms with van der Waals surface area (Å²) in [5.41, 5.74) is 3.80. The fourth-order valence-corrected chi connectivity index (χ4v) is 4.75. The molecule has 1 aromatic heterocycles. The van der Waals surface area contributed by atoms with Crippen LogP contribution >= 0.6 is 11.6 Å². The molecule has 0 fully saturated rings. The van der Waals surface area contributed by atoms with Crippen LogP contribution in [0.15, 0.2) is 48.8 Å². The van der Waals surface area contributed by atoms with Crippen molar-refractivity contribution in [1.82, 2.24) is 9.78 Å². The Morgan fingerprint density at radius 2 is 2.00 bits per heavy atom. The lowest BCUT2D eigenvalue weighted by Gasteiger charge is -2.23. The third-order valence-electron chi connectivity index (χ3n) is 5.97. The third-order valence-corrected chi connectivity index (χ3v) is 6.20. The molecule has 2 heterocycles. The Morgan fingerprint density at radius 1 is 1.21 bits per heavy atom. The number of carbonyl (C=O) groups excluding carboxylic acids is 1. The van der Waals surface area contributed by atoms with Gasteiger partial charge in [-0.25, -0.2) is 4.79 Å². The van der Waals surface area contributed by atoms with E-state index in [0.29, 0.717) is 30.1 Å². The molecule has 29 heavy (non-hydrogen) atoms. The van der Waals surface area contributed by atoms with Crippen molar-refractivity contribution in [3.63, 3.8) is 0 Å². The van der Waals surface area contributed by atoms with Crippen LogP contribution in [0.25, 0.3) is 0 Å². The molecule has 0 saturated carbocycles. The molecule has 3 aromatic rings. The summed E-state index contributed by atoms with van der Waals surface area (Å²) in [6.07, 6.45) is 4.55. The number of hydrogen-bond acceptors (Lipinski definition) is 3. The average Bonchev–Trinajstić information content (AvgIpc) is 3.37. The second-order valence-corrected chi connectivity index (χ2v) is 8.02. The van der Waals surface area contributed by atoms with Crippen LogP contribution in [0, 0.1) is 0 Å². The number of nitrogens with zero attached hydrogens (tertiary/aromatic N) is 3. The first-order valence-electron chi connectivity index (χ1n) is 9.45. The van der Waals surface area contributed by atoms with Gasteiger partial charge in [0.25, 0.3) is 0 Å². The molecule has 146 valence electrons. The van der Waals surface area contributed by atoms with Crippen LogP contribution in [0.3, 0.4) is 0 Å². The van der Waals surface area contributed by atoms with E-state index in [4.69, 9.17) is 11.6 Å². The average molecular weight is 408 g/mol. The lowest BCUT2D eigenvalue weighted by molar-refractivity contribution is -0.122. The molecule has 0 bridgehead atoms. The van der Waals surface area contributed by atoms with E-state index in [0.717, 1.165) is 22.4 Å². The highest BCUT2D eigenvalue weighted by molar-refractivity contribution is 6.31. The van der Waals surface area contributed by atoms with Gasteiger partial charge in [0.2, 0.25) is 5.91 Å². The van der Waals surface area contributed by atoms with Crippen molar-refractivity contribution in [3.05, 3.63) is 76.1 Å². The fourth-order valence-electron chi connectivity index (χ4n) is 4.58. The lowest BCUT2D eigenvalue weighted by atomic mass is 9.79. The van der Waals surface area contributed by atoms with E-state index in [1.54, 1.807) is 34.0 Å². The number of hydrogen-bond donors (Lipinski definition) is 1. The van der Waals surface area contributed by atoms with Crippen molar-refractivity contribution in [2.45, 2.75) is 31.7 Å². The summed E-state index contributed by atoms with van der Waals surface area (Å²) >= 11 is 6.27. The van der Waals surface area contributed by atoms with Gasteiger partial charge >= 0.3 is 5.97 Å². The summed E-state index contributed by atoms with van der Waals surface area (Å²) in [5.74, 6) is -0.995. The maximum absolute atomic E-state index is 13.8. The number of carbonyl (C=O) groups is 2. The minimum absolute atomic E-state index is 0.0292. The smallest absolute Gasteiger partial charge is 0.335 e. The molecule has 2 aliphatic rings. The SMILES string of the molecule is CCn1cc(N2C(=O)C3(Cc4ccc(C(=O)O)cc4C3)c3ccc(Cl)cc32)cn1. The molecule has 7 heteroatoms. The van der Waals surface area contributed by atoms with Crippen LogP contribution < -0.4 is 4.90 Å². The molecule has 1 N–H and O–H groups in total. The van der Waals surface area contributed by atoms with Crippen molar-refractivity contribution in [2.75, 3.05) is 4.90 Å². The number of rotatable bonds is 3. The van der Waals surface area contributed by atoms with E-state index in [-0.39, 0.29) is 11.5 Å². The van der Waals surface area contributed by atoms with Gasteiger partial charge in [0.15, 0.2) is 0 Å². The number of halogens is 1. The molecule has 1 unspecified atom stereocenters. The summed E-state index contributed by atoms with van der Waals surface area (Å²) in [7, 11) is 0. The van der Waals surface area contributed by atoms with Gasteiger partial charge in [-0.05, 0) is 60.7 Å². The van der Waals surface area contributed by atoms with Crippen LogP contribution in [-0.4, -0.2) is 26.8 Å². The summed E-state index contributed by atoms with van der Waals surface area (Å²) in [5, 5.41) is 14.2. The molecule has 1 spiro atoms. The van der Waals surface area contributed by atoms with Crippen LogP contribution in [-0.2, 0) is 29.6 Å². The Morgan fingerprint density at radius 3 is 2.72 bits per heavy atom. The second kappa shape index (κ2) is 6.19. The van der Waals surface area contributed by atoms with E-state index in [2.05, 4.69) is 5.10 Å². The maximum atomic E-state index is 13.8. The highest BCUT2D eigenvalue weighted by atomic mass is 35.5. The predicted octanol–water partition coefficient (Wildman–Crippen LogP) is 3.97. The van der Waals surface area contributed by atoms with Crippen LogP contribution in [0.2, 0.25) is 5.02 Å². The molecule has 6 nitrogen and oxygen atoms in total. The number of aromatic nitrogens is 2. The Bertz CT molecular complexity index is 1190. The van der Waals surface area contributed by atoms with Crippen molar-refractivity contribution in [3.8, 4) is 0 Å². The van der Waals surface area contributed by atoms with Gasteiger partial charge < -0.3 is 5.11 Å². The Hall–Kier alpha value is -3.12. The van der Waals surface area contributed by atoms with Gasteiger partial charge in [0.1, 0.15) is 0 Å². The highest BCUT2D eigenvalue weighted by Crippen LogP contribution is 2.52. The standard InChI is InChI=1S/C22H18ClN3O3/c1-2-25-12-17(11-24-25)26-19-8-16(23)5-6-18(19)22(21(26)29)9-14-4-3-13(20(27)28)7-15(14)10-22/h3-8,11-12H,2,9-10H2,1H3,(H,27,28). The first-order chi connectivity index (χ1) is 13.9. The molecular formula is C22H18ClN3O3. The number of anilines is 2. The number of carboxylic acid groups (broad SMARTS) is 1. The monoisotopic (exact) mass is 407 g/mol. The Labute approximate surface area is 172 Å². The molecule has 0 radical (unpaired) electrons. The maximum Gasteiger partial charge on any atom is 0.335 e. The van der Waals surface area contributed by atoms with E-state index < -0.39 is 11.4 Å². The van der Waals surface area contributed by atoms with Crippen LogP contribution in [0.4, 0.5) is 11.4 Å². The minimum atomic E-state index is -0.965. The third kappa shape index (κ3) is 2.52. The van der Waals surface area contributed by atoms with Crippen LogP contribution in [0.1, 0.15) is 34.0 Å². The second-order valence-electron chi connectivity index (χ2n) is 7.58. The first kappa shape index (κ1) is 17.9. The summed E-state index contributed by atoms with van der Waals surface area (Å²) in [6, 6.07) is 10.7. The molecule has 0 saturated heterocycles. The predicted molar refractivity (Wildman–Crippen MR) is 109 cm³/mol. The molecule has 1 aliphatic carbocycles. The van der Waals surface area contributed by atoms with Gasteiger partial charge in [-0.2, -0.15) is 5.10 Å². The van der Waals surface area contributed by atoms with Crippen molar-refractivity contribution >= 4 is 34.9 Å². The summed E-state index contributed by atoms with van der Waals surface area (Å²) in [6.45, 7) is 2.70. The highest BCUT2D eigenvalue weighted by Gasteiger charge is 2.54. The zero-order valence-electron chi connectivity index (χ0n) is 15.7. The number of aromatic carboxylic acids is 1. The number of fused-ring (bicyclic) bond motifs is 3. The number of carboxylic acids is 1. The number of amides is 1. The summed E-state index contributed by atoms with van der Waals surface area (Å²) in [4.78, 5) is 26.9. The van der Waals surface area contributed by atoms with Gasteiger partial charge in [0.05, 0.1) is 28.6 Å². The molecule has 5 rings (SSSR count). The fraction of sp³-hybridized carbons (Fsp3) is 0.227. The zero-order chi connectivity index (χ0) is 20.3. The molecule has 1 aliphatic heterocycles. The van der Waals surface area contributed by atoms with E-state index in [1.807, 2.05) is 31.3 Å². The van der Waals surface area contributed by atoms with Gasteiger partial charge in [-0.1, -0.05) is 23.7 Å². The molecular weight excluding hydrogens is 390 g/mol. The number of aryl methyl sites for hydroxylation is 1. The molecule has 1 amide bonds. The number of benzene rings is 2. The van der Waals surface area contributed by atoms with Crippen molar-refractivity contribution < 1.29 is 14.7 Å². The van der Waals surface area contributed by atoms with E-state index in [9.17, 15) is 14.7 Å². The first-order valence-corrected chi connectivity index (χ1v) is 9.83. The van der Waals surface area contributed by atoms with E-state index in [1.165, 1.54) is 0 Å². The van der Waals surface area contributed by atoms with Gasteiger partial charge in [-0.15, -0.1) is 0 Å².